The first-order valence-corrected chi connectivity index (χ1v) is 20.8. The standard InChI is InChI=1S/C42H57N3O3Si/c1-41(2,49(46,34-11-7-5-8-12-34)35-13-9-6-10-14-35)23-24-42(25-26-42)31-45-27-21-32(22-28-45)17-19-38-36-18-20-39(47-30-33-15-16-33)37(29-44(3)4)40(36)48-43-38/h5-14,18,20,32-33,46H,15-17,19,21-31H2,1-4H3. The maximum absolute atomic E-state index is 12.6. The molecule has 0 atom stereocenters. The van der Waals surface area contributed by atoms with E-state index in [0.717, 1.165) is 76.2 Å². The maximum atomic E-state index is 12.6. The van der Waals surface area contributed by atoms with Crippen LogP contribution in [0.2, 0.25) is 5.04 Å². The molecule has 1 aliphatic heterocycles. The first-order chi connectivity index (χ1) is 23.7. The van der Waals surface area contributed by atoms with E-state index in [2.05, 4.69) is 116 Å². The Bertz CT molecular complexity index is 1630. The van der Waals surface area contributed by atoms with E-state index in [1.807, 2.05) is 0 Å². The number of rotatable bonds is 16. The van der Waals surface area contributed by atoms with E-state index < -0.39 is 8.32 Å². The van der Waals surface area contributed by atoms with Gasteiger partial charge in [-0.05, 0) is 136 Å². The number of piperidine rings is 1. The molecule has 2 aliphatic carbocycles. The van der Waals surface area contributed by atoms with Gasteiger partial charge in [-0.25, -0.2) is 0 Å². The van der Waals surface area contributed by atoms with Gasteiger partial charge in [-0.1, -0.05) is 79.7 Å². The third kappa shape index (κ3) is 7.70. The summed E-state index contributed by atoms with van der Waals surface area (Å²) < 4.78 is 12.2. The van der Waals surface area contributed by atoms with Crippen LogP contribution in [0.15, 0.2) is 77.3 Å². The van der Waals surface area contributed by atoms with Crippen molar-refractivity contribution in [1.29, 1.82) is 0 Å². The zero-order chi connectivity index (χ0) is 34.1. The Labute approximate surface area is 295 Å². The molecule has 1 N–H and O–H groups in total. The number of ether oxygens (including phenoxy) is 1. The number of hydrogen-bond acceptors (Lipinski definition) is 6. The number of nitrogens with zero attached hydrogens (tertiary/aromatic N) is 3. The monoisotopic (exact) mass is 679 g/mol. The second kappa shape index (κ2) is 14.3. The van der Waals surface area contributed by atoms with Crippen molar-refractivity contribution >= 4 is 29.7 Å². The van der Waals surface area contributed by atoms with Gasteiger partial charge in [0.25, 0.3) is 8.32 Å². The van der Waals surface area contributed by atoms with Crippen molar-refractivity contribution in [3.8, 4) is 5.75 Å². The minimum Gasteiger partial charge on any atom is -0.493 e. The molecule has 49 heavy (non-hydrogen) atoms. The van der Waals surface area contributed by atoms with Crippen LogP contribution < -0.4 is 15.1 Å². The lowest BCUT2D eigenvalue weighted by Crippen LogP contribution is -2.65. The lowest BCUT2D eigenvalue weighted by Gasteiger charge is -2.42. The van der Waals surface area contributed by atoms with Gasteiger partial charge in [0.05, 0.1) is 17.9 Å². The van der Waals surface area contributed by atoms with Gasteiger partial charge >= 0.3 is 0 Å². The number of aromatic nitrogens is 1. The van der Waals surface area contributed by atoms with Crippen LogP contribution in [0.4, 0.5) is 0 Å². The molecule has 1 aromatic heterocycles. The lowest BCUT2D eigenvalue weighted by atomic mass is 9.89. The zero-order valence-electron chi connectivity index (χ0n) is 30.3. The highest BCUT2D eigenvalue weighted by Gasteiger charge is 2.52. The summed E-state index contributed by atoms with van der Waals surface area (Å²) in [7, 11) is 1.23. The summed E-state index contributed by atoms with van der Waals surface area (Å²) in [5, 5.41) is 7.80. The smallest absolute Gasteiger partial charge is 0.258 e. The SMILES string of the molecule is CN(C)Cc1c(OCC2CC2)ccc2c(CCC3CCN(CC4(CCC(C)(C)[Si](O)(c5ccccc5)c5ccccc5)CC4)CC3)noc12. The van der Waals surface area contributed by atoms with Crippen molar-refractivity contribution in [3.63, 3.8) is 0 Å². The maximum Gasteiger partial charge on any atom is 0.258 e. The Hall–Kier alpha value is -2.97. The minimum absolute atomic E-state index is 0.179. The summed E-state index contributed by atoms with van der Waals surface area (Å²) in [5.74, 6) is 2.40. The molecule has 0 amide bonds. The highest BCUT2D eigenvalue weighted by molar-refractivity contribution is 6.98. The Morgan fingerprint density at radius 1 is 0.918 bits per heavy atom. The van der Waals surface area contributed by atoms with Crippen molar-refractivity contribution in [3.05, 3.63) is 84.1 Å². The highest BCUT2D eigenvalue weighted by Crippen LogP contribution is 2.54. The van der Waals surface area contributed by atoms with Crippen LogP contribution >= 0.6 is 0 Å². The molecule has 0 radical (unpaired) electrons. The molecule has 7 rings (SSSR count). The fraction of sp³-hybridized carbons (Fsp3) is 0.548. The van der Waals surface area contributed by atoms with Crippen molar-refractivity contribution in [2.24, 2.45) is 17.3 Å². The zero-order valence-corrected chi connectivity index (χ0v) is 31.3. The molecule has 4 aromatic rings. The molecule has 3 fully saturated rings. The third-order valence-corrected chi connectivity index (χ3v) is 16.6. The van der Waals surface area contributed by atoms with Crippen LogP contribution in [0.5, 0.6) is 5.75 Å². The molecule has 7 heteroatoms. The van der Waals surface area contributed by atoms with E-state index in [1.54, 1.807) is 0 Å². The first-order valence-electron chi connectivity index (χ1n) is 18.9. The molecule has 2 heterocycles. The van der Waals surface area contributed by atoms with Crippen LogP contribution in [0, 0.1) is 17.3 Å². The largest absolute Gasteiger partial charge is 0.493 e. The van der Waals surface area contributed by atoms with Crippen molar-refractivity contribution in [2.75, 3.05) is 40.3 Å². The predicted octanol–water partition coefficient (Wildman–Crippen LogP) is 7.42. The molecular formula is C42H57N3O3Si. The number of fused-ring (bicyclic) bond motifs is 1. The fourth-order valence-corrected chi connectivity index (χ4v) is 12.1. The Balaban J connectivity index is 0.929. The summed E-state index contributed by atoms with van der Waals surface area (Å²) in [6.07, 6.45) is 12.1. The lowest BCUT2D eigenvalue weighted by molar-refractivity contribution is 0.143. The van der Waals surface area contributed by atoms with Gasteiger partial charge in [-0.2, -0.15) is 0 Å². The van der Waals surface area contributed by atoms with Crippen LogP contribution in [0.1, 0.15) is 82.9 Å². The topological polar surface area (TPSA) is 62.0 Å². The van der Waals surface area contributed by atoms with E-state index in [4.69, 9.17) is 9.26 Å². The molecule has 3 aliphatic rings. The molecule has 0 spiro atoms. The second-order valence-electron chi connectivity index (χ2n) is 16.6. The molecule has 2 saturated carbocycles. The van der Waals surface area contributed by atoms with Crippen LogP contribution in [-0.2, 0) is 13.0 Å². The summed E-state index contributed by atoms with van der Waals surface area (Å²) in [6.45, 7) is 9.83. The molecular weight excluding hydrogens is 623 g/mol. The predicted molar refractivity (Wildman–Crippen MR) is 202 cm³/mol. The second-order valence-corrected chi connectivity index (χ2v) is 20.6. The average Bonchev–Trinajstić information content (AvgIpc) is 4.05. The van der Waals surface area contributed by atoms with Crippen LogP contribution in [-0.4, -0.2) is 68.4 Å². The number of benzene rings is 3. The number of hydrogen-bond donors (Lipinski definition) is 1. The van der Waals surface area contributed by atoms with Gasteiger partial charge in [0.2, 0.25) is 0 Å². The Morgan fingerprint density at radius 3 is 2.16 bits per heavy atom. The number of likely N-dealkylation sites (tertiary alicyclic amines) is 1. The molecule has 1 saturated heterocycles. The quantitative estimate of drug-likeness (QED) is 0.125. The van der Waals surface area contributed by atoms with Crippen molar-refractivity contribution in [2.45, 2.75) is 89.6 Å². The van der Waals surface area contributed by atoms with Gasteiger partial charge < -0.3 is 23.9 Å². The normalized spacial score (nSPS) is 18.7. The highest BCUT2D eigenvalue weighted by atomic mass is 28.4. The van der Waals surface area contributed by atoms with E-state index >= 15 is 0 Å². The Morgan fingerprint density at radius 2 is 1.57 bits per heavy atom. The van der Waals surface area contributed by atoms with E-state index in [9.17, 15) is 4.80 Å². The van der Waals surface area contributed by atoms with E-state index in [0.29, 0.717) is 5.41 Å². The number of aryl methyl sites for hydroxylation is 1. The molecule has 3 aromatic carbocycles. The van der Waals surface area contributed by atoms with Gasteiger partial charge in [0.15, 0.2) is 5.58 Å². The van der Waals surface area contributed by atoms with Crippen molar-refractivity contribution in [1.82, 2.24) is 15.0 Å². The average molecular weight is 680 g/mol. The van der Waals surface area contributed by atoms with Crippen LogP contribution in [0.25, 0.3) is 11.0 Å². The minimum atomic E-state index is -2.97. The van der Waals surface area contributed by atoms with Gasteiger partial charge in [0.1, 0.15) is 5.75 Å². The van der Waals surface area contributed by atoms with Crippen molar-refractivity contribution < 1.29 is 14.1 Å². The molecule has 0 unspecified atom stereocenters. The first kappa shape index (κ1) is 34.5. The van der Waals surface area contributed by atoms with E-state index in [1.165, 1.54) is 71.0 Å². The fourth-order valence-electron chi connectivity index (χ4n) is 8.34. The van der Waals surface area contributed by atoms with Gasteiger partial charge in [-0.15, -0.1) is 0 Å². The summed E-state index contributed by atoms with van der Waals surface area (Å²) in [6, 6.07) is 25.3. The summed E-state index contributed by atoms with van der Waals surface area (Å²) in [5.41, 5.74) is 3.54. The molecule has 6 nitrogen and oxygen atoms in total. The van der Waals surface area contributed by atoms with Gasteiger partial charge in [-0.3, -0.25) is 0 Å². The van der Waals surface area contributed by atoms with Crippen LogP contribution in [0.3, 0.4) is 0 Å². The summed E-state index contributed by atoms with van der Waals surface area (Å²) in [4.78, 5) is 17.6. The third-order valence-electron chi connectivity index (χ3n) is 12.1. The Kier molecular flexibility index (Phi) is 10.1. The molecule has 262 valence electrons. The van der Waals surface area contributed by atoms with E-state index in [-0.39, 0.29) is 5.04 Å². The molecule has 0 bridgehead atoms. The summed E-state index contributed by atoms with van der Waals surface area (Å²) >= 11 is 0. The van der Waals surface area contributed by atoms with Gasteiger partial charge in [0, 0.05) is 18.5 Å².